The average molecular weight is 234 g/mol. The smallest absolute Gasteiger partial charge is 0.169 e. The second-order valence-corrected chi connectivity index (χ2v) is 3.55. The molecule has 0 spiro atoms. The molecule has 0 atom stereocenters. The number of likely N-dealkylation sites (N-methyl/N-ethyl adjacent to an activating group) is 1. The summed E-state index contributed by atoms with van der Waals surface area (Å²) in [4.78, 5) is 1.48. The lowest BCUT2D eigenvalue weighted by molar-refractivity contribution is 0.304. The monoisotopic (exact) mass is 233 g/mol. The van der Waals surface area contributed by atoms with Crippen molar-refractivity contribution in [2.24, 2.45) is 0 Å². The van der Waals surface area contributed by atoms with Gasteiger partial charge >= 0.3 is 0 Å². The van der Waals surface area contributed by atoms with Gasteiger partial charge in [-0.2, -0.15) is 0 Å². The van der Waals surface area contributed by atoms with Crippen molar-refractivity contribution in [3.8, 4) is 0 Å². The average Bonchev–Trinajstić information content (AvgIpc) is 2.15. The van der Waals surface area contributed by atoms with Crippen LogP contribution in [-0.2, 0) is 0 Å². The van der Waals surface area contributed by atoms with E-state index in [-0.39, 0.29) is 35.2 Å². The lowest BCUT2D eigenvalue weighted by atomic mass is 10.2. The lowest BCUT2D eigenvalue weighted by Gasteiger charge is -2.21. The molecular formula is C9H13ClFN3O. The third-order valence-electron chi connectivity index (χ3n) is 2.06. The van der Waals surface area contributed by atoms with Gasteiger partial charge in [-0.3, -0.25) is 0 Å². The van der Waals surface area contributed by atoms with Crippen LogP contribution >= 0.6 is 11.6 Å². The third-order valence-corrected chi connectivity index (χ3v) is 2.44. The van der Waals surface area contributed by atoms with E-state index in [1.165, 1.54) is 11.0 Å². The predicted molar refractivity (Wildman–Crippen MR) is 60.6 cm³/mol. The molecule has 0 saturated carbocycles. The zero-order valence-electron chi connectivity index (χ0n) is 8.30. The van der Waals surface area contributed by atoms with E-state index in [9.17, 15) is 4.39 Å². The second-order valence-electron chi connectivity index (χ2n) is 3.18. The van der Waals surface area contributed by atoms with E-state index < -0.39 is 5.82 Å². The maximum atomic E-state index is 13.7. The fourth-order valence-electron chi connectivity index (χ4n) is 1.31. The number of nitrogen functional groups attached to an aromatic ring is 2. The van der Waals surface area contributed by atoms with Gasteiger partial charge in [0.1, 0.15) is 5.02 Å². The topological polar surface area (TPSA) is 75.5 Å². The quantitative estimate of drug-likeness (QED) is 0.683. The lowest BCUT2D eigenvalue weighted by Crippen LogP contribution is -2.23. The molecule has 1 aromatic carbocycles. The summed E-state index contributed by atoms with van der Waals surface area (Å²) in [6.07, 6.45) is 0. The summed E-state index contributed by atoms with van der Waals surface area (Å²) in [6, 6.07) is 1.40. The van der Waals surface area contributed by atoms with Crippen LogP contribution in [0.15, 0.2) is 6.07 Å². The van der Waals surface area contributed by atoms with Crippen molar-refractivity contribution in [2.45, 2.75) is 0 Å². The van der Waals surface area contributed by atoms with Gasteiger partial charge < -0.3 is 21.5 Å². The van der Waals surface area contributed by atoms with E-state index in [0.717, 1.165) is 0 Å². The Kier molecular flexibility index (Phi) is 3.60. The van der Waals surface area contributed by atoms with E-state index >= 15 is 0 Å². The Morgan fingerprint density at radius 1 is 1.47 bits per heavy atom. The van der Waals surface area contributed by atoms with Crippen LogP contribution in [0, 0.1) is 5.82 Å². The van der Waals surface area contributed by atoms with Crippen LogP contribution in [0.25, 0.3) is 0 Å². The number of hydrogen-bond acceptors (Lipinski definition) is 4. The molecule has 0 aliphatic heterocycles. The number of benzene rings is 1. The molecule has 15 heavy (non-hydrogen) atoms. The molecule has 0 aliphatic carbocycles. The summed E-state index contributed by atoms with van der Waals surface area (Å²) in [5, 5.41) is 8.59. The Balaban J connectivity index is 3.23. The molecular weight excluding hydrogens is 221 g/mol. The summed E-state index contributed by atoms with van der Waals surface area (Å²) < 4.78 is 13.7. The van der Waals surface area contributed by atoms with Crippen LogP contribution in [0.3, 0.4) is 0 Å². The largest absolute Gasteiger partial charge is 0.397 e. The molecule has 6 heteroatoms. The first-order valence-electron chi connectivity index (χ1n) is 4.34. The van der Waals surface area contributed by atoms with Crippen molar-refractivity contribution in [1.29, 1.82) is 0 Å². The first-order valence-corrected chi connectivity index (χ1v) is 4.71. The minimum Gasteiger partial charge on any atom is -0.397 e. The minimum atomic E-state index is -0.662. The maximum Gasteiger partial charge on any atom is 0.169 e. The highest BCUT2D eigenvalue weighted by Gasteiger charge is 2.17. The Labute approximate surface area is 92.2 Å². The second kappa shape index (κ2) is 4.55. The highest BCUT2D eigenvalue weighted by Crippen LogP contribution is 2.35. The van der Waals surface area contributed by atoms with Crippen molar-refractivity contribution >= 4 is 28.7 Å². The number of anilines is 3. The molecule has 0 unspecified atom stereocenters. The van der Waals surface area contributed by atoms with Crippen LogP contribution < -0.4 is 16.4 Å². The van der Waals surface area contributed by atoms with Crippen LogP contribution in [0.5, 0.6) is 0 Å². The first kappa shape index (κ1) is 11.9. The number of hydrogen-bond donors (Lipinski definition) is 3. The highest BCUT2D eigenvalue weighted by atomic mass is 35.5. The van der Waals surface area contributed by atoms with Gasteiger partial charge in [0.15, 0.2) is 5.82 Å². The molecule has 0 heterocycles. The summed E-state index contributed by atoms with van der Waals surface area (Å²) in [7, 11) is 1.61. The molecule has 4 nitrogen and oxygen atoms in total. The van der Waals surface area contributed by atoms with Crippen molar-refractivity contribution in [2.75, 3.05) is 36.6 Å². The Hall–Kier alpha value is -1.20. The Bertz CT molecular complexity index is 373. The van der Waals surface area contributed by atoms with Crippen LogP contribution in [-0.4, -0.2) is 25.3 Å². The van der Waals surface area contributed by atoms with Gasteiger partial charge in [-0.1, -0.05) is 11.6 Å². The Morgan fingerprint density at radius 2 is 2.07 bits per heavy atom. The predicted octanol–water partition coefficient (Wildman–Crippen LogP) is 1.07. The normalized spacial score (nSPS) is 10.4. The summed E-state index contributed by atoms with van der Waals surface area (Å²) >= 11 is 5.65. The molecule has 0 aliphatic rings. The van der Waals surface area contributed by atoms with E-state index in [1.54, 1.807) is 7.05 Å². The number of halogens is 2. The number of rotatable bonds is 3. The van der Waals surface area contributed by atoms with Gasteiger partial charge in [-0.25, -0.2) is 4.39 Å². The van der Waals surface area contributed by atoms with E-state index in [0.29, 0.717) is 0 Å². The van der Waals surface area contributed by atoms with Crippen LogP contribution in [0.2, 0.25) is 5.02 Å². The first-order chi connectivity index (χ1) is 6.99. The molecule has 1 rings (SSSR count). The van der Waals surface area contributed by atoms with E-state index in [1.807, 2.05) is 0 Å². The molecule has 0 fully saturated rings. The van der Waals surface area contributed by atoms with Gasteiger partial charge in [0.2, 0.25) is 0 Å². The molecule has 0 radical (unpaired) electrons. The van der Waals surface area contributed by atoms with Gasteiger partial charge in [-0.15, -0.1) is 0 Å². The van der Waals surface area contributed by atoms with Gasteiger partial charge in [0.05, 0.1) is 23.7 Å². The van der Waals surface area contributed by atoms with E-state index in [4.69, 9.17) is 28.2 Å². The van der Waals surface area contributed by atoms with Crippen molar-refractivity contribution in [3.63, 3.8) is 0 Å². The molecule has 0 amide bonds. The molecule has 0 aromatic heterocycles. The molecule has 0 bridgehead atoms. The standard InChI is InChI=1S/C9H13ClFN3O/c1-14(2-3-15)9-6(13)4-5(12)7(10)8(9)11/h4,15H,2-3,12-13H2,1H3. The van der Waals surface area contributed by atoms with Crippen molar-refractivity contribution < 1.29 is 9.50 Å². The van der Waals surface area contributed by atoms with Gasteiger partial charge in [0.25, 0.3) is 0 Å². The fourth-order valence-corrected chi connectivity index (χ4v) is 1.45. The minimum absolute atomic E-state index is 0.0998. The summed E-state index contributed by atoms with van der Waals surface area (Å²) in [6.45, 7) is 0.165. The van der Waals surface area contributed by atoms with Gasteiger partial charge in [-0.05, 0) is 6.07 Å². The molecule has 0 saturated heterocycles. The SMILES string of the molecule is CN(CCO)c1c(N)cc(N)c(Cl)c1F. The van der Waals surface area contributed by atoms with Crippen LogP contribution in [0.4, 0.5) is 21.5 Å². The molecule has 1 aromatic rings. The summed E-state index contributed by atoms with van der Waals surface area (Å²) in [5.41, 5.74) is 11.5. The number of aliphatic hydroxyl groups is 1. The Morgan fingerprint density at radius 3 is 2.60 bits per heavy atom. The van der Waals surface area contributed by atoms with Crippen molar-refractivity contribution in [1.82, 2.24) is 0 Å². The third kappa shape index (κ3) is 2.24. The van der Waals surface area contributed by atoms with Gasteiger partial charge in [0, 0.05) is 13.6 Å². The number of nitrogens with two attached hydrogens (primary N) is 2. The van der Waals surface area contributed by atoms with Crippen LogP contribution in [0.1, 0.15) is 0 Å². The zero-order chi connectivity index (χ0) is 11.6. The molecule has 84 valence electrons. The zero-order valence-corrected chi connectivity index (χ0v) is 9.05. The van der Waals surface area contributed by atoms with Crippen molar-refractivity contribution in [3.05, 3.63) is 16.9 Å². The molecule has 5 N–H and O–H groups in total. The van der Waals surface area contributed by atoms with E-state index in [2.05, 4.69) is 0 Å². The maximum absolute atomic E-state index is 13.7. The summed E-state index contributed by atoms with van der Waals surface area (Å²) in [5.74, 6) is -0.662. The number of aliphatic hydroxyl groups excluding tert-OH is 1. The fraction of sp³-hybridized carbons (Fsp3) is 0.333. The highest BCUT2D eigenvalue weighted by molar-refractivity contribution is 6.33. The number of nitrogens with zero attached hydrogens (tertiary/aromatic N) is 1.